The van der Waals surface area contributed by atoms with Gasteiger partial charge in [-0.1, -0.05) is 18.2 Å². The average molecular weight is 276 g/mol. The van der Waals surface area contributed by atoms with Crippen LogP contribution in [-0.2, 0) is 14.3 Å². The van der Waals surface area contributed by atoms with Gasteiger partial charge in [-0.2, -0.15) is 0 Å². The zero-order chi connectivity index (χ0) is 14.5. The second kappa shape index (κ2) is 6.52. The Balaban J connectivity index is 2.00. The molecule has 0 aromatic heterocycles. The molecule has 5 heteroatoms. The molecular formula is C15H20N2O3. The van der Waals surface area contributed by atoms with Crippen molar-refractivity contribution in [3.63, 3.8) is 0 Å². The lowest BCUT2D eigenvalue weighted by Crippen LogP contribution is -2.34. The van der Waals surface area contributed by atoms with E-state index < -0.39 is 0 Å². The number of nitrogens with zero attached hydrogens (tertiary/aromatic N) is 1. The Labute approximate surface area is 118 Å². The van der Waals surface area contributed by atoms with Gasteiger partial charge in [-0.15, -0.1) is 0 Å². The molecule has 0 aliphatic carbocycles. The van der Waals surface area contributed by atoms with E-state index >= 15 is 0 Å². The van der Waals surface area contributed by atoms with Crippen molar-refractivity contribution in [2.24, 2.45) is 5.92 Å². The number of carbonyl (C=O) groups excluding carboxylic acids is 2. The number of carbonyl (C=O) groups is 2. The summed E-state index contributed by atoms with van der Waals surface area (Å²) in [6.07, 6.45) is 0.271. The smallest absolute Gasteiger partial charge is 0.227 e. The first kappa shape index (κ1) is 14.5. The third kappa shape index (κ3) is 3.17. The number of nitrogens with one attached hydrogen (secondary N) is 1. The molecule has 5 nitrogen and oxygen atoms in total. The van der Waals surface area contributed by atoms with Gasteiger partial charge in [0.15, 0.2) is 0 Å². The maximum atomic E-state index is 12.1. The highest BCUT2D eigenvalue weighted by molar-refractivity contribution is 6.00. The predicted octanol–water partition coefficient (Wildman–Crippen LogP) is 1.11. The highest BCUT2D eigenvalue weighted by Crippen LogP contribution is 2.27. The van der Waals surface area contributed by atoms with Gasteiger partial charge in [0.2, 0.25) is 11.8 Å². The van der Waals surface area contributed by atoms with E-state index in [2.05, 4.69) is 5.32 Å². The van der Waals surface area contributed by atoms with E-state index in [0.29, 0.717) is 19.7 Å². The van der Waals surface area contributed by atoms with E-state index in [1.807, 2.05) is 31.2 Å². The standard InChI is InChI=1S/C15H20N2O3/c1-11-5-3-4-6-13(11)17-10-12(9-14(17)18)15(19)16-7-8-20-2/h3-6,12H,7-10H2,1-2H3,(H,16,19). The number of methoxy groups -OCH3 is 1. The third-order valence-corrected chi connectivity index (χ3v) is 3.51. The van der Waals surface area contributed by atoms with E-state index in [4.69, 9.17) is 4.74 Å². The molecule has 1 aromatic carbocycles. The lowest BCUT2D eigenvalue weighted by atomic mass is 10.1. The fourth-order valence-corrected chi connectivity index (χ4v) is 2.40. The molecule has 20 heavy (non-hydrogen) atoms. The van der Waals surface area contributed by atoms with Crippen LogP contribution in [-0.4, -0.2) is 38.6 Å². The number of rotatable bonds is 5. The third-order valence-electron chi connectivity index (χ3n) is 3.51. The predicted molar refractivity (Wildman–Crippen MR) is 76.5 cm³/mol. The van der Waals surface area contributed by atoms with E-state index in [1.54, 1.807) is 12.0 Å². The van der Waals surface area contributed by atoms with Crippen LogP contribution in [0.3, 0.4) is 0 Å². The first-order valence-corrected chi connectivity index (χ1v) is 6.76. The summed E-state index contributed by atoms with van der Waals surface area (Å²) in [7, 11) is 1.59. The maximum absolute atomic E-state index is 12.1. The summed E-state index contributed by atoms with van der Waals surface area (Å²) in [5.41, 5.74) is 1.94. The topological polar surface area (TPSA) is 58.6 Å². The van der Waals surface area contributed by atoms with E-state index in [0.717, 1.165) is 11.3 Å². The van der Waals surface area contributed by atoms with Crippen LogP contribution in [0.25, 0.3) is 0 Å². The number of aryl methyl sites for hydroxylation is 1. The average Bonchev–Trinajstić information content (AvgIpc) is 2.81. The Morgan fingerprint density at radius 3 is 2.90 bits per heavy atom. The fraction of sp³-hybridized carbons (Fsp3) is 0.467. The monoisotopic (exact) mass is 276 g/mol. The molecule has 1 N–H and O–H groups in total. The molecule has 1 aliphatic heterocycles. The van der Waals surface area contributed by atoms with Gasteiger partial charge in [0.05, 0.1) is 12.5 Å². The van der Waals surface area contributed by atoms with Crippen molar-refractivity contribution in [3.05, 3.63) is 29.8 Å². The van der Waals surface area contributed by atoms with Gasteiger partial charge < -0.3 is 15.0 Å². The number of benzene rings is 1. The van der Waals surface area contributed by atoms with Crippen molar-refractivity contribution in [3.8, 4) is 0 Å². The van der Waals surface area contributed by atoms with Crippen molar-refractivity contribution in [2.75, 3.05) is 31.7 Å². The second-order valence-electron chi connectivity index (χ2n) is 4.98. The molecule has 0 bridgehead atoms. The number of ether oxygens (including phenoxy) is 1. The molecule has 1 aromatic rings. The zero-order valence-corrected chi connectivity index (χ0v) is 11.9. The number of hydrogen-bond donors (Lipinski definition) is 1. The van der Waals surface area contributed by atoms with Gasteiger partial charge in [-0.25, -0.2) is 0 Å². The fourth-order valence-electron chi connectivity index (χ4n) is 2.40. The Bertz CT molecular complexity index is 502. The molecule has 1 heterocycles. The molecule has 0 spiro atoms. The van der Waals surface area contributed by atoms with Crippen molar-refractivity contribution in [2.45, 2.75) is 13.3 Å². The molecule has 1 aliphatic rings. The Morgan fingerprint density at radius 2 is 2.20 bits per heavy atom. The van der Waals surface area contributed by atoms with E-state index in [-0.39, 0.29) is 24.2 Å². The summed E-state index contributed by atoms with van der Waals surface area (Å²) in [6, 6.07) is 7.73. The minimum atomic E-state index is -0.279. The number of amides is 2. The zero-order valence-electron chi connectivity index (χ0n) is 11.9. The second-order valence-corrected chi connectivity index (χ2v) is 4.98. The summed E-state index contributed by atoms with van der Waals surface area (Å²) < 4.78 is 4.89. The minimum Gasteiger partial charge on any atom is -0.383 e. The van der Waals surface area contributed by atoms with Crippen molar-refractivity contribution in [1.29, 1.82) is 0 Å². The quantitative estimate of drug-likeness (QED) is 0.820. The van der Waals surface area contributed by atoms with Crippen LogP contribution < -0.4 is 10.2 Å². The van der Waals surface area contributed by atoms with Crippen LogP contribution in [0.4, 0.5) is 5.69 Å². The molecule has 1 atom stereocenters. The van der Waals surface area contributed by atoms with Gasteiger partial charge in [0.1, 0.15) is 0 Å². The molecule has 0 radical (unpaired) electrons. The highest BCUT2D eigenvalue weighted by Gasteiger charge is 2.35. The van der Waals surface area contributed by atoms with Crippen LogP contribution in [0.2, 0.25) is 0 Å². The Morgan fingerprint density at radius 1 is 1.45 bits per heavy atom. The van der Waals surface area contributed by atoms with Crippen LogP contribution in [0.5, 0.6) is 0 Å². The normalized spacial score (nSPS) is 18.4. The molecule has 1 unspecified atom stereocenters. The molecule has 1 fully saturated rings. The van der Waals surface area contributed by atoms with Crippen LogP contribution in [0, 0.1) is 12.8 Å². The van der Waals surface area contributed by atoms with Crippen molar-refractivity contribution < 1.29 is 14.3 Å². The highest BCUT2D eigenvalue weighted by atomic mass is 16.5. The van der Waals surface area contributed by atoms with Crippen LogP contribution in [0.1, 0.15) is 12.0 Å². The first-order chi connectivity index (χ1) is 9.63. The lowest BCUT2D eigenvalue weighted by Gasteiger charge is -2.18. The largest absolute Gasteiger partial charge is 0.383 e. The van der Waals surface area contributed by atoms with Gasteiger partial charge >= 0.3 is 0 Å². The number of anilines is 1. The SMILES string of the molecule is COCCNC(=O)C1CC(=O)N(c2ccccc2C)C1. The summed E-state index contributed by atoms with van der Waals surface area (Å²) in [5.74, 6) is -0.350. The molecule has 0 saturated carbocycles. The Hall–Kier alpha value is -1.88. The Kier molecular flexibility index (Phi) is 4.74. The summed E-state index contributed by atoms with van der Waals surface area (Å²) in [4.78, 5) is 25.8. The van der Waals surface area contributed by atoms with Gasteiger partial charge in [0.25, 0.3) is 0 Å². The molecule has 1 saturated heterocycles. The van der Waals surface area contributed by atoms with E-state index in [1.165, 1.54) is 0 Å². The summed E-state index contributed by atoms with van der Waals surface area (Å²) in [5, 5.41) is 2.79. The van der Waals surface area contributed by atoms with Gasteiger partial charge in [-0.3, -0.25) is 9.59 Å². The lowest BCUT2D eigenvalue weighted by molar-refractivity contribution is -0.126. The van der Waals surface area contributed by atoms with Gasteiger partial charge in [-0.05, 0) is 18.6 Å². The first-order valence-electron chi connectivity index (χ1n) is 6.76. The summed E-state index contributed by atoms with van der Waals surface area (Å²) >= 11 is 0. The summed E-state index contributed by atoms with van der Waals surface area (Å²) in [6.45, 7) is 3.37. The molecule has 2 amide bonds. The molecule has 2 rings (SSSR count). The maximum Gasteiger partial charge on any atom is 0.227 e. The van der Waals surface area contributed by atoms with E-state index in [9.17, 15) is 9.59 Å². The minimum absolute atomic E-state index is 0.00573. The van der Waals surface area contributed by atoms with Crippen molar-refractivity contribution >= 4 is 17.5 Å². The molecular weight excluding hydrogens is 256 g/mol. The van der Waals surface area contributed by atoms with Crippen molar-refractivity contribution in [1.82, 2.24) is 5.32 Å². The van der Waals surface area contributed by atoms with Crippen LogP contribution >= 0.6 is 0 Å². The number of hydrogen-bond acceptors (Lipinski definition) is 3. The number of para-hydroxylation sites is 1. The molecule has 108 valence electrons. The van der Waals surface area contributed by atoms with Gasteiger partial charge in [0, 0.05) is 32.3 Å². The van der Waals surface area contributed by atoms with Crippen LogP contribution in [0.15, 0.2) is 24.3 Å².